The maximum absolute atomic E-state index is 13.5. The zero-order valence-corrected chi connectivity index (χ0v) is 6.61. The van der Waals surface area contributed by atoms with Crippen molar-refractivity contribution < 1.29 is 9.18 Å². The third kappa shape index (κ3) is 1.68. The van der Waals surface area contributed by atoms with Gasteiger partial charge in [0.05, 0.1) is 0 Å². The van der Waals surface area contributed by atoms with Gasteiger partial charge < -0.3 is 10.6 Å². The predicted molar refractivity (Wildman–Crippen MR) is 40.0 cm³/mol. The van der Waals surface area contributed by atoms with Crippen LogP contribution in [0.2, 0.25) is 0 Å². The molecule has 64 valence electrons. The number of nitrogens with one attached hydrogen (secondary N) is 2. The molecule has 1 heterocycles. The molecule has 1 rings (SSSR count). The van der Waals surface area contributed by atoms with Crippen molar-refractivity contribution in [1.29, 1.82) is 0 Å². The van der Waals surface area contributed by atoms with Gasteiger partial charge in [0.25, 0.3) is 5.91 Å². The molecule has 0 aliphatic carbocycles. The summed E-state index contributed by atoms with van der Waals surface area (Å²) >= 11 is 0. The molecule has 1 aliphatic rings. The molecular weight excluding hydrogens is 147 g/mol. The van der Waals surface area contributed by atoms with Crippen LogP contribution in [-0.2, 0) is 4.79 Å². The van der Waals surface area contributed by atoms with Crippen molar-refractivity contribution in [3.8, 4) is 0 Å². The number of alkyl halides is 1. The number of hydrogen-bond acceptors (Lipinski definition) is 2. The van der Waals surface area contributed by atoms with Crippen LogP contribution in [0.15, 0.2) is 0 Å². The SMILES string of the molecule is CNC(=O)C1(F)CCCNC1. The van der Waals surface area contributed by atoms with E-state index in [4.69, 9.17) is 0 Å². The molecule has 1 unspecified atom stereocenters. The highest BCUT2D eigenvalue weighted by atomic mass is 19.1. The first-order valence-electron chi connectivity index (χ1n) is 3.81. The topological polar surface area (TPSA) is 41.1 Å². The second-order valence-corrected chi connectivity index (χ2v) is 2.82. The van der Waals surface area contributed by atoms with Gasteiger partial charge in [0.2, 0.25) is 5.67 Å². The zero-order chi connectivity index (χ0) is 8.32. The summed E-state index contributed by atoms with van der Waals surface area (Å²) in [5, 5.41) is 5.18. The van der Waals surface area contributed by atoms with Gasteiger partial charge in [-0.2, -0.15) is 0 Å². The van der Waals surface area contributed by atoms with Gasteiger partial charge in [0, 0.05) is 13.6 Å². The molecule has 1 atom stereocenters. The van der Waals surface area contributed by atoms with Crippen LogP contribution in [-0.4, -0.2) is 31.7 Å². The molecule has 11 heavy (non-hydrogen) atoms. The smallest absolute Gasteiger partial charge is 0.258 e. The van der Waals surface area contributed by atoms with Crippen LogP contribution in [0, 0.1) is 0 Å². The minimum absolute atomic E-state index is 0.146. The number of hydrogen-bond donors (Lipinski definition) is 2. The highest BCUT2D eigenvalue weighted by molar-refractivity contribution is 5.85. The van der Waals surface area contributed by atoms with Crippen molar-refractivity contribution in [3.63, 3.8) is 0 Å². The van der Waals surface area contributed by atoms with Gasteiger partial charge in [-0.3, -0.25) is 4.79 Å². The highest BCUT2D eigenvalue weighted by Gasteiger charge is 2.38. The van der Waals surface area contributed by atoms with Crippen LogP contribution in [0.3, 0.4) is 0 Å². The molecule has 0 aromatic heterocycles. The summed E-state index contributed by atoms with van der Waals surface area (Å²) in [6, 6.07) is 0. The molecule has 0 bridgehead atoms. The Bertz CT molecular complexity index is 155. The summed E-state index contributed by atoms with van der Waals surface area (Å²) in [7, 11) is 1.46. The fraction of sp³-hybridized carbons (Fsp3) is 0.857. The Morgan fingerprint density at radius 1 is 1.73 bits per heavy atom. The van der Waals surface area contributed by atoms with E-state index in [-0.39, 0.29) is 6.54 Å². The maximum atomic E-state index is 13.5. The predicted octanol–water partition coefficient (Wildman–Crippen LogP) is -0.176. The number of halogens is 1. The fourth-order valence-corrected chi connectivity index (χ4v) is 1.29. The van der Waals surface area contributed by atoms with E-state index in [2.05, 4.69) is 10.6 Å². The summed E-state index contributed by atoms with van der Waals surface area (Å²) in [6.45, 7) is 0.954. The van der Waals surface area contributed by atoms with E-state index in [1.807, 2.05) is 0 Å². The third-order valence-corrected chi connectivity index (χ3v) is 1.97. The third-order valence-electron chi connectivity index (χ3n) is 1.97. The van der Waals surface area contributed by atoms with Crippen molar-refractivity contribution in [2.75, 3.05) is 20.1 Å². The highest BCUT2D eigenvalue weighted by Crippen LogP contribution is 2.20. The van der Waals surface area contributed by atoms with Gasteiger partial charge in [-0.1, -0.05) is 0 Å². The molecule has 0 spiro atoms. The van der Waals surface area contributed by atoms with Crippen LogP contribution < -0.4 is 10.6 Å². The Kier molecular flexibility index (Phi) is 2.44. The average molecular weight is 160 g/mol. The Balaban J connectivity index is 2.56. The minimum Gasteiger partial charge on any atom is -0.356 e. The number of carbonyl (C=O) groups excluding carboxylic acids is 1. The summed E-state index contributed by atoms with van der Waals surface area (Å²) in [5.74, 6) is -0.510. The lowest BCUT2D eigenvalue weighted by molar-refractivity contribution is -0.133. The number of piperidine rings is 1. The lowest BCUT2D eigenvalue weighted by Crippen LogP contribution is -2.52. The maximum Gasteiger partial charge on any atom is 0.258 e. The van der Waals surface area contributed by atoms with Crippen molar-refractivity contribution >= 4 is 5.91 Å². The van der Waals surface area contributed by atoms with Crippen LogP contribution in [0.25, 0.3) is 0 Å². The Labute approximate surface area is 65.3 Å². The first-order valence-corrected chi connectivity index (χ1v) is 3.81. The molecule has 1 saturated heterocycles. The van der Waals surface area contributed by atoms with Crippen LogP contribution >= 0.6 is 0 Å². The van der Waals surface area contributed by atoms with Gasteiger partial charge >= 0.3 is 0 Å². The lowest BCUT2D eigenvalue weighted by atomic mass is 9.95. The van der Waals surface area contributed by atoms with Gasteiger partial charge in [-0.05, 0) is 19.4 Å². The van der Waals surface area contributed by atoms with Gasteiger partial charge in [0.15, 0.2) is 0 Å². The lowest BCUT2D eigenvalue weighted by Gasteiger charge is -2.27. The number of rotatable bonds is 1. The molecule has 1 amide bonds. The first kappa shape index (κ1) is 8.46. The van der Waals surface area contributed by atoms with E-state index in [0.717, 1.165) is 13.0 Å². The second-order valence-electron chi connectivity index (χ2n) is 2.82. The minimum atomic E-state index is -1.67. The van der Waals surface area contributed by atoms with Crippen molar-refractivity contribution in [1.82, 2.24) is 10.6 Å². The molecular formula is C7H13FN2O. The molecule has 0 saturated carbocycles. The summed E-state index contributed by atoms with van der Waals surface area (Å²) in [6.07, 6.45) is 1.06. The van der Waals surface area contributed by atoms with Gasteiger partial charge in [0.1, 0.15) is 0 Å². The van der Waals surface area contributed by atoms with E-state index >= 15 is 0 Å². The normalized spacial score (nSPS) is 31.5. The number of amides is 1. The van der Waals surface area contributed by atoms with E-state index < -0.39 is 11.6 Å². The molecule has 1 fully saturated rings. The fourth-order valence-electron chi connectivity index (χ4n) is 1.29. The monoisotopic (exact) mass is 160 g/mol. The molecule has 3 nitrogen and oxygen atoms in total. The van der Waals surface area contributed by atoms with Crippen LogP contribution in [0.5, 0.6) is 0 Å². The Morgan fingerprint density at radius 2 is 2.45 bits per heavy atom. The van der Waals surface area contributed by atoms with Gasteiger partial charge in [-0.25, -0.2) is 4.39 Å². The first-order chi connectivity index (χ1) is 5.19. The zero-order valence-electron chi connectivity index (χ0n) is 6.61. The van der Waals surface area contributed by atoms with Gasteiger partial charge in [-0.15, -0.1) is 0 Å². The van der Waals surface area contributed by atoms with Crippen molar-refractivity contribution in [2.45, 2.75) is 18.5 Å². The molecule has 0 aromatic carbocycles. The van der Waals surface area contributed by atoms with E-state index in [1.54, 1.807) is 0 Å². The Morgan fingerprint density at radius 3 is 2.91 bits per heavy atom. The molecule has 0 aromatic rings. The van der Waals surface area contributed by atoms with Crippen LogP contribution in [0.4, 0.5) is 4.39 Å². The Hall–Kier alpha value is -0.640. The summed E-state index contributed by atoms with van der Waals surface area (Å²) < 4.78 is 13.5. The van der Waals surface area contributed by atoms with Crippen molar-refractivity contribution in [2.24, 2.45) is 0 Å². The molecule has 2 N–H and O–H groups in total. The molecule has 4 heteroatoms. The van der Waals surface area contributed by atoms with Crippen LogP contribution in [0.1, 0.15) is 12.8 Å². The molecule has 0 radical (unpaired) electrons. The second kappa shape index (κ2) is 3.17. The van der Waals surface area contributed by atoms with Crippen molar-refractivity contribution in [3.05, 3.63) is 0 Å². The summed E-state index contributed by atoms with van der Waals surface area (Å²) in [5.41, 5.74) is -1.67. The summed E-state index contributed by atoms with van der Waals surface area (Å²) in [4.78, 5) is 11.0. The quantitative estimate of drug-likeness (QED) is 0.559. The van der Waals surface area contributed by atoms with E-state index in [1.165, 1.54) is 7.05 Å². The standard InChI is InChI=1S/C7H13FN2O/c1-9-6(11)7(8)3-2-4-10-5-7/h10H,2-5H2,1H3,(H,9,11). The average Bonchev–Trinajstić information content (AvgIpc) is 2.04. The number of carbonyl (C=O) groups is 1. The largest absolute Gasteiger partial charge is 0.356 e. The van der Waals surface area contributed by atoms with E-state index in [9.17, 15) is 9.18 Å². The molecule has 1 aliphatic heterocycles. The van der Waals surface area contributed by atoms with E-state index in [0.29, 0.717) is 6.42 Å².